The standard InChI is InChI=1S/C13H15FO3/c1-3-16-12(15)11-13(2,17-11)8-9-6-4-5-7-10(9)14/h4-7,11H,3,8H2,1-2H3. The zero-order valence-electron chi connectivity index (χ0n) is 9.90. The third kappa shape index (κ3) is 2.47. The lowest BCUT2D eigenvalue weighted by Crippen LogP contribution is -2.22. The SMILES string of the molecule is CCOC(=O)C1OC1(C)Cc1ccccc1F. The predicted molar refractivity (Wildman–Crippen MR) is 60.0 cm³/mol. The molecule has 1 saturated heterocycles. The van der Waals surface area contributed by atoms with Crippen LogP contribution < -0.4 is 0 Å². The van der Waals surface area contributed by atoms with Gasteiger partial charge in [-0.1, -0.05) is 18.2 Å². The van der Waals surface area contributed by atoms with E-state index >= 15 is 0 Å². The summed E-state index contributed by atoms with van der Waals surface area (Å²) in [4.78, 5) is 11.5. The number of ether oxygens (including phenoxy) is 2. The molecule has 0 bridgehead atoms. The Kier molecular flexibility index (Phi) is 3.15. The molecular formula is C13H15FO3. The van der Waals surface area contributed by atoms with Gasteiger partial charge in [0.2, 0.25) is 0 Å². The molecule has 2 atom stereocenters. The molecule has 0 N–H and O–H groups in total. The molecule has 0 radical (unpaired) electrons. The summed E-state index contributed by atoms with van der Waals surface area (Å²) >= 11 is 0. The normalized spacial score (nSPS) is 26.6. The van der Waals surface area contributed by atoms with Crippen molar-refractivity contribution in [3.63, 3.8) is 0 Å². The van der Waals surface area contributed by atoms with Crippen molar-refractivity contribution in [1.29, 1.82) is 0 Å². The first-order valence-corrected chi connectivity index (χ1v) is 5.64. The molecule has 2 unspecified atom stereocenters. The molecule has 0 spiro atoms. The molecule has 0 saturated carbocycles. The van der Waals surface area contributed by atoms with Gasteiger partial charge in [0.15, 0.2) is 6.10 Å². The minimum Gasteiger partial charge on any atom is -0.464 e. The van der Waals surface area contributed by atoms with Crippen molar-refractivity contribution < 1.29 is 18.7 Å². The zero-order chi connectivity index (χ0) is 12.5. The lowest BCUT2D eigenvalue weighted by Gasteiger charge is -2.07. The smallest absolute Gasteiger partial charge is 0.338 e. The van der Waals surface area contributed by atoms with E-state index < -0.39 is 11.7 Å². The van der Waals surface area contributed by atoms with Gasteiger partial charge >= 0.3 is 5.97 Å². The molecule has 1 fully saturated rings. The number of carbonyl (C=O) groups is 1. The van der Waals surface area contributed by atoms with Crippen molar-refractivity contribution in [3.8, 4) is 0 Å². The van der Waals surface area contributed by atoms with E-state index in [0.29, 0.717) is 18.6 Å². The van der Waals surface area contributed by atoms with Gasteiger partial charge in [-0.25, -0.2) is 9.18 Å². The lowest BCUT2D eigenvalue weighted by molar-refractivity contribution is -0.144. The van der Waals surface area contributed by atoms with Crippen molar-refractivity contribution in [2.45, 2.75) is 32.0 Å². The average Bonchev–Trinajstić information content (AvgIpc) is 2.95. The molecule has 1 aromatic rings. The topological polar surface area (TPSA) is 38.8 Å². The third-order valence-electron chi connectivity index (χ3n) is 2.88. The number of benzene rings is 1. The number of hydrogen-bond donors (Lipinski definition) is 0. The Bertz CT molecular complexity index is 432. The minimum atomic E-state index is -0.631. The Hall–Kier alpha value is -1.42. The second-order valence-electron chi connectivity index (χ2n) is 4.33. The Labute approximate surface area is 99.5 Å². The molecule has 0 aromatic heterocycles. The van der Waals surface area contributed by atoms with Gasteiger partial charge in [0.25, 0.3) is 0 Å². The second kappa shape index (κ2) is 4.45. The van der Waals surface area contributed by atoms with Crippen LogP contribution in [-0.4, -0.2) is 24.3 Å². The number of esters is 1. The molecule has 3 nitrogen and oxygen atoms in total. The van der Waals surface area contributed by atoms with Gasteiger partial charge < -0.3 is 9.47 Å². The van der Waals surface area contributed by atoms with Gasteiger partial charge in [-0.2, -0.15) is 0 Å². The highest BCUT2D eigenvalue weighted by atomic mass is 19.1. The molecule has 4 heteroatoms. The molecule has 0 amide bonds. The summed E-state index contributed by atoms with van der Waals surface area (Å²) in [7, 11) is 0. The highest BCUT2D eigenvalue weighted by Gasteiger charge is 2.58. The Morgan fingerprint density at radius 2 is 2.24 bits per heavy atom. The van der Waals surface area contributed by atoms with E-state index in [9.17, 15) is 9.18 Å². The maximum Gasteiger partial charge on any atom is 0.338 e. The van der Waals surface area contributed by atoms with Crippen molar-refractivity contribution in [3.05, 3.63) is 35.6 Å². The van der Waals surface area contributed by atoms with Crippen LogP contribution >= 0.6 is 0 Å². The number of epoxide rings is 1. The summed E-state index contributed by atoms with van der Waals surface area (Å²) in [6.07, 6.45) is -0.189. The fourth-order valence-electron chi connectivity index (χ4n) is 1.90. The Balaban J connectivity index is 2.02. The monoisotopic (exact) mass is 238 g/mol. The van der Waals surface area contributed by atoms with E-state index in [2.05, 4.69) is 0 Å². The van der Waals surface area contributed by atoms with E-state index in [-0.39, 0.29) is 11.8 Å². The van der Waals surface area contributed by atoms with Crippen LogP contribution in [0.2, 0.25) is 0 Å². The third-order valence-corrected chi connectivity index (χ3v) is 2.88. The molecule has 1 aliphatic rings. The van der Waals surface area contributed by atoms with Crippen LogP contribution in [0, 0.1) is 5.82 Å². The van der Waals surface area contributed by atoms with Gasteiger partial charge in [-0.3, -0.25) is 0 Å². The van der Waals surface area contributed by atoms with E-state index in [0.717, 1.165) is 0 Å². The summed E-state index contributed by atoms with van der Waals surface area (Å²) in [5, 5.41) is 0. The number of halogens is 1. The first kappa shape index (κ1) is 12.0. The fourth-order valence-corrected chi connectivity index (χ4v) is 1.90. The van der Waals surface area contributed by atoms with Crippen LogP contribution in [0.25, 0.3) is 0 Å². The van der Waals surface area contributed by atoms with Crippen LogP contribution in [0.5, 0.6) is 0 Å². The Morgan fingerprint density at radius 1 is 1.53 bits per heavy atom. The number of carbonyl (C=O) groups excluding carboxylic acids is 1. The summed E-state index contributed by atoms with van der Waals surface area (Å²) in [6.45, 7) is 3.87. The van der Waals surface area contributed by atoms with E-state index in [1.807, 2.05) is 0 Å². The van der Waals surface area contributed by atoms with Gasteiger partial charge in [0.05, 0.1) is 6.61 Å². The van der Waals surface area contributed by atoms with Gasteiger partial charge in [-0.15, -0.1) is 0 Å². The highest BCUT2D eigenvalue weighted by Crippen LogP contribution is 2.40. The lowest BCUT2D eigenvalue weighted by atomic mass is 9.97. The van der Waals surface area contributed by atoms with Crippen molar-refractivity contribution in [2.75, 3.05) is 6.61 Å². The summed E-state index contributed by atoms with van der Waals surface area (Å²) in [5.41, 5.74) is -0.0733. The largest absolute Gasteiger partial charge is 0.464 e. The van der Waals surface area contributed by atoms with Crippen molar-refractivity contribution >= 4 is 5.97 Å². The van der Waals surface area contributed by atoms with E-state index in [1.165, 1.54) is 6.07 Å². The molecular weight excluding hydrogens is 223 g/mol. The van der Waals surface area contributed by atoms with Crippen molar-refractivity contribution in [2.24, 2.45) is 0 Å². The highest BCUT2D eigenvalue weighted by molar-refractivity contribution is 5.79. The van der Waals surface area contributed by atoms with Crippen LogP contribution in [-0.2, 0) is 20.7 Å². The van der Waals surface area contributed by atoms with Crippen LogP contribution in [0.4, 0.5) is 4.39 Å². The van der Waals surface area contributed by atoms with Crippen LogP contribution in [0.3, 0.4) is 0 Å². The quantitative estimate of drug-likeness (QED) is 0.595. The minimum absolute atomic E-state index is 0.271. The van der Waals surface area contributed by atoms with Gasteiger partial charge in [-0.05, 0) is 25.5 Å². The van der Waals surface area contributed by atoms with Crippen molar-refractivity contribution in [1.82, 2.24) is 0 Å². The van der Waals surface area contributed by atoms with E-state index in [1.54, 1.807) is 32.0 Å². The summed E-state index contributed by atoms with van der Waals surface area (Å²) < 4.78 is 23.7. The molecule has 1 aromatic carbocycles. The van der Waals surface area contributed by atoms with E-state index in [4.69, 9.17) is 9.47 Å². The predicted octanol–water partition coefficient (Wildman–Crippen LogP) is 2.09. The van der Waals surface area contributed by atoms with Gasteiger partial charge in [0, 0.05) is 6.42 Å². The molecule has 2 rings (SSSR count). The molecule has 92 valence electrons. The fraction of sp³-hybridized carbons (Fsp3) is 0.462. The average molecular weight is 238 g/mol. The van der Waals surface area contributed by atoms with Crippen LogP contribution in [0.15, 0.2) is 24.3 Å². The second-order valence-corrected chi connectivity index (χ2v) is 4.33. The molecule has 17 heavy (non-hydrogen) atoms. The maximum atomic E-state index is 13.5. The Morgan fingerprint density at radius 3 is 2.88 bits per heavy atom. The number of hydrogen-bond acceptors (Lipinski definition) is 3. The molecule has 1 heterocycles. The molecule has 1 aliphatic heterocycles. The summed E-state index contributed by atoms with van der Waals surface area (Å²) in [5.74, 6) is -0.641. The van der Waals surface area contributed by atoms with Crippen LogP contribution in [0.1, 0.15) is 19.4 Å². The number of rotatable bonds is 4. The molecule has 0 aliphatic carbocycles. The first-order chi connectivity index (χ1) is 8.07. The van der Waals surface area contributed by atoms with Gasteiger partial charge in [0.1, 0.15) is 11.4 Å². The maximum absolute atomic E-state index is 13.5. The first-order valence-electron chi connectivity index (χ1n) is 5.64. The zero-order valence-corrected chi connectivity index (χ0v) is 9.90. The summed E-state index contributed by atoms with van der Waals surface area (Å²) in [6, 6.07) is 6.51.